The van der Waals surface area contributed by atoms with E-state index in [1.165, 1.54) is 6.33 Å². The molecular formula is C25H22ClN5O2. The predicted molar refractivity (Wildman–Crippen MR) is 130 cm³/mol. The molecule has 1 amide bonds. The molecule has 0 saturated heterocycles. The van der Waals surface area contributed by atoms with E-state index in [-0.39, 0.29) is 24.2 Å². The van der Waals surface area contributed by atoms with Gasteiger partial charge in [0.2, 0.25) is 5.91 Å². The number of ketones is 1. The van der Waals surface area contributed by atoms with Crippen molar-refractivity contribution in [1.82, 2.24) is 9.97 Å². The molecule has 2 aliphatic heterocycles. The first-order valence-electron chi connectivity index (χ1n) is 10.8. The van der Waals surface area contributed by atoms with Gasteiger partial charge in [-0.1, -0.05) is 41.9 Å². The van der Waals surface area contributed by atoms with Crippen LogP contribution in [0.3, 0.4) is 0 Å². The molecule has 2 aliphatic rings. The van der Waals surface area contributed by atoms with Gasteiger partial charge in [-0.25, -0.2) is 9.97 Å². The van der Waals surface area contributed by atoms with Crippen molar-refractivity contribution < 1.29 is 9.59 Å². The van der Waals surface area contributed by atoms with E-state index in [0.29, 0.717) is 35.2 Å². The lowest BCUT2D eigenvalue weighted by molar-refractivity contribution is -0.117. The van der Waals surface area contributed by atoms with Crippen molar-refractivity contribution in [3.8, 4) is 0 Å². The molecule has 3 aromatic rings. The largest absolute Gasteiger partial charge is 0.369 e. The highest BCUT2D eigenvalue weighted by Crippen LogP contribution is 2.33. The number of carbonyl (C=O) groups excluding carboxylic acids is 2. The van der Waals surface area contributed by atoms with Gasteiger partial charge in [-0.15, -0.1) is 0 Å². The topological polar surface area (TPSA) is 87.2 Å². The minimum Gasteiger partial charge on any atom is -0.369 e. The fraction of sp³-hybridized carbons (Fsp3) is 0.200. The predicted octanol–water partition coefficient (Wildman–Crippen LogP) is 4.56. The van der Waals surface area contributed by atoms with Crippen LogP contribution in [0.15, 0.2) is 60.6 Å². The second-order valence-corrected chi connectivity index (χ2v) is 8.44. The zero-order valence-electron chi connectivity index (χ0n) is 18.0. The van der Waals surface area contributed by atoms with Gasteiger partial charge in [0.25, 0.3) is 0 Å². The Kier molecular flexibility index (Phi) is 5.56. The summed E-state index contributed by atoms with van der Waals surface area (Å²) >= 11 is 6.45. The van der Waals surface area contributed by atoms with E-state index < -0.39 is 0 Å². The van der Waals surface area contributed by atoms with Crippen molar-refractivity contribution in [1.29, 1.82) is 0 Å². The number of amides is 1. The number of para-hydroxylation sites is 1. The third-order valence-electron chi connectivity index (χ3n) is 5.88. The highest BCUT2D eigenvalue weighted by atomic mass is 35.5. The van der Waals surface area contributed by atoms with E-state index in [1.54, 1.807) is 11.0 Å². The molecule has 0 unspecified atom stereocenters. The number of hydrogen-bond acceptors (Lipinski definition) is 6. The minimum absolute atomic E-state index is 0.0120. The van der Waals surface area contributed by atoms with Crippen LogP contribution in [0.2, 0.25) is 5.02 Å². The summed E-state index contributed by atoms with van der Waals surface area (Å²) in [6, 6.07) is 14.8. The Morgan fingerprint density at radius 3 is 2.73 bits per heavy atom. The summed E-state index contributed by atoms with van der Waals surface area (Å²) in [6.07, 6.45) is 3.97. The molecule has 2 aromatic carbocycles. The Balaban J connectivity index is 1.60. The lowest BCUT2D eigenvalue weighted by Crippen LogP contribution is -2.38. The molecule has 0 spiro atoms. The van der Waals surface area contributed by atoms with Crippen LogP contribution >= 0.6 is 11.6 Å². The van der Waals surface area contributed by atoms with Crippen LogP contribution in [0.1, 0.15) is 34.8 Å². The molecule has 5 rings (SSSR count). The normalized spacial score (nSPS) is 16.2. The van der Waals surface area contributed by atoms with E-state index >= 15 is 0 Å². The van der Waals surface area contributed by atoms with E-state index in [0.717, 1.165) is 22.5 Å². The van der Waals surface area contributed by atoms with Gasteiger partial charge in [-0.2, -0.15) is 0 Å². The number of aromatic nitrogens is 2. The molecule has 1 aromatic heterocycles. The molecule has 2 N–H and O–H groups in total. The molecule has 7 nitrogen and oxygen atoms in total. The number of fused-ring (bicyclic) bond motifs is 2. The van der Waals surface area contributed by atoms with Gasteiger partial charge >= 0.3 is 0 Å². The first kappa shape index (κ1) is 21.2. The molecule has 3 heterocycles. The van der Waals surface area contributed by atoms with E-state index in [9.17, 15) is 9.59 Å². The van der Waals surface area contributed by atoms with Crippen molar-refractivity contribution in [3.05, 3.63) is 82.3 Å². The Morgan fingerprint density at radius 1 is 1.09 bits per heavy atom. The van der Waals surface area contributed by atoms with Crippen molar-refractivity contribution in [2.75, 3.05) is 22.1 Å². The Bertz CT molecular complexity index is 1280. The Morgan fingerprint density at radius 2 is 1.91 bits per heavy atom. The van der Waals surface area contributed by atoms with Crippen LogP contribution in [-0.4, -0.2) is 34.2 Å². The van der Waals surface area contributed by atoms with Crippen LogP contribution in [0, 0.1) is 0 Å². The van der Waals surface area contributed by atoms with Crippen molar-refractivity contribution in [2.24, 2.45) is 0 Å². The van der Waals surface area contributed by atoms with Gasteiger partial charge < -0.3 is 10.6 Å². The number of benzene rings is 2. The number of hydrogen-bond donors (Lipinski definition) is 2. The van der Waals surface area contributed by atoms with Crippen molar-refractivity contribution in [3.63, 3.8) is 0 Å². The number of halogens is 1. The fourth-order valence-electron chi connectivity index (χ4n) is 4.28. The molecule has 0 saturated carbocycles. The standard InChI is InChI=1S/C25H22ClN5O2/c1-15(30-25-23-21(32)10-11-27-24(23)28-14-29-25)20-12-16-6-5-9-19(26)18(16)13-22(33)31(20)17-7-3-2-4-8-17/h2-9,12,14-15H,10-11,13H2,1H3,(H2,27,28,29,30)/t15-/m0/s1. The zero-order chi connectivity index (χ0) is 22.9. The Labute approximate surface area is 196 Å². The maximum absolute atomic E-state index is 13.5. The second-order valence-electron chi connectivity index (χ2n) is 8.03. The van der Waals surface area contributed by atoms with Crippen LogP contribution in [0.4, 0.5) is 17.3 Å². The smallest absolute Gasteiger partial charge is 0.235 e. The molecule has 166 valence electrons. The van der Waals surface area contributed by atoms with E-state index in [4.69, 9.17) is 11.6 Å². The SMILES string of the molecule is C[C@H](Nc1ncnc2c1C(=O)CCN2)C1=Cc2cccc(Cl)c2CC(=O)N1c1ccccc1. The lowest BCUT2D eigenvalue weighted by atomic mass is 10.0. The summed E-state index contributed by atoms with van der Waals surface area (Å²) < 4.78 is 0. The number of rotatable bonds is 4. The van der Waals surface area contributed by atoms with Gasteiger partial charge in [0.1, 0.15) is 23.5 Å². The van der Waals surface area contributed by atoms with Gasteiger partial charge in [-0.3, -0.25) is 14.5 Å². The third kappa shape index (κ3) is 3.96. The molecule has 0 radical (unpaired) electrons. The lowest BCUT2D eigenvalue weighted by Gasteiger charge is -2.30. The first-order chi connectivity index (χ1) is 16.0. The van der Waals surface area contributed by atoms with Crippen molar-refractivity contribution >= 4 is 46.7 Å². The summed E-state index contributed by atoms with van der Waals surface area (Å²) in [4.78, 5) is 36.3. The first-order valence-corrected chi connectivity index (χ1v) is 11.2. The fourth-order valence-corrected chi connectivity index (χ4v) is 4.52. The molecule has 0 bridgehead atoms. The maximum Gasteiger partial charge on any atom is 0.235 e. The monoisotopic (exact) mass is 459 g/mol. The third-order valence-corrected chi connectivity index (χ3v) is 6.23. The summed E-state index contributed by atoms with van der Waals surface area (Å²) in [7, 11) is 0. The number of nitrogens with one attached hydrogen (secondary N) is 2. The molecular weight excluding hydrogens is 438 g/mol. The highest BCUT2D eigenvalue weighted by Gasteiger charge is 2.30. The second kappa shape index (κ2) is 8.67. The quantitative estimate of drug-likeness (QED) is 0.594. The van der Waals surface area contributed by atoms with E-state index in [1.807, 2.05) is 55.5 Å². The maximum atomic E-state index is 13.5. The molecule has 0 fully saturated rings. The summed E-state index contributed by atoms with van der Waals surface area (Å²) in [5.41, 5.74) is 3.63. The average molecular weight is 460 g/mol. The van der Waals surface area contributed by atoms with E-state index in [2.05, 4.69) is 20.6 Å². The summed E-state index contributed by atoms with van der Waals surface area (Å²) in [6.45, 7) is 2.50. The van der Waals surface area contributed by atoms with Crippen LogP contribution < -0.4 is 15.5 Å². The van der Waals surface area contributed by atoms with Crippen LogP contribution in [-0.2, 0) is 11.2 Å². The minimum atomic E-state index is -0.354. The molecule has 0 aliphatic carbocycles. The zero-order valence-corrected chi connectivity index (χ0v) is 18.8. The number of carbonyl (C=O) groups is 2. The molecule has 1 atom stereocenters. The van der Waals surface area contributed by atoms with Crippen LogP contribution in [0.5, 0.6) is 0 Å². The highest BCUT2D eigenvalue weighted by molar-refractivity contribution is 6.32. The average Bonchev–Trinajstić information content (AvgIpc) is 2.97. The van der Waals surface area contributed by atoms with Gasteiger partial charge in [0, 0.05) is 29.4 Å². The van der Waals surface area contributed by atoms with Gasteiger partial charge in [-0.05, 0) is 42.3 Å². The number of Topliss-reactive ketones (excluding diaryl/α,β-unsaturated/α-hetero) is 1. The summed E-state index contributed by atoms with van der Waals surface area (Å²) in [5.74, 6) is 0.873. The Hall–Kier alpha value is -3.71. The summed E-state index contributed by atoms with van der Waals surface area (Å²) in [5, 5.41) is 7.07. The van der Waals surface area contributed by atoms with Gasteiger partial charge in [0.15, 0.2) is 5.78 Å². The van der Waals surface area contributed by atoms with Crippen LogP contribution in [0.25, 0.3) is 6.08 Å². The van der Waals surface area contributed by atoms with Crippen molar-refractivity contribution in [2.45, 2.75) is 25.8 Å². The molecule has 33 heavy (non-hydrogen) atoms. The molecule has 8 heteroatoms. The van der Waals surface area contributed by atoms with Gasteiger partial charge in [0.05, 0.1) is 12.5 Å². The number of anilines is 3. The number of nitrogens with zero attached hydrogens (tertiary/aromatic N) is 3.